The number of aromatic nitrogens is 1. The lowest BCUT2D eigenvalue weighted by Gasteiger charge is -2.23. The number of sulfone groups is 1. The van der Waals surface area contributed by atoms with Crippen molar-refractivity contribution < 1.29 is 17.9 Å². The summed E-state index contributed by atoms with van der Waals surface area (Å²) in [5.41, 5.74) is 0. The van der Waals surface area contributed by atoms with Crippen LogP contribution in [-0.2, 0) is 14.6 Å². The first-order valence-electron chi connectivity index (χ1n) is 9.20. The molecule has 2 aliphatic rings. The van der Waals surface area contributed by atoms with E-state index in [9.17, 15) is 13.2 Å². The van der Waals surface area contributed by atoms with Gasteiger partial charge in [0.1, 0.15) is 16.8 Å². The number of anilines is 1. The van der Waals surface area contributed by atoms with Crippen LogP contribution in [0.4, 0.5) is 5.82 Å². The van der Waals surface area contributed by atoms with Crippen LogP contribution in [0.3, 0.4) is 0 Å². The minimum Gasteiger partial charge on any atom is -0.490 e. The molecule has 7 heteroatoms. The summed E-state index contributed by atoms with van der Waals surface area (Å²) in [5, 5.41) is 1.69. The highest BCUT2D eigenvalue weighted by Crippen LogP contribution is 2.25. The maximum Gasteiger partial charge on any atom is 0.243 e. The fraction of sp³-hybridized carbons (Fsp3) is 0.667. The number of carbonyl (C=O) groups excluding carboxylic acids is 1. The average Bonchev–Trinajstić information content (AvgIpc) is 2.76. The van der Waals surface area contributed by atoms with Crippen LogP contribution in [0.2, 0.25) is 0 Å². The number of hydrogen-bond donors (Lipinski definition) is 1. The predicted octanol–water partition coefficient (Wildman–Crippen LogP) is 3.09. The summed E-state index contributed by atoms with van der Waals surface area (Å²) in [6.45, 7) is 0. The lowest BCUT2D eigenvalue weighted by molar-refractivity contribution is -0.116. The van der Waals surface area contributed by atoms with Crippen LogP contribution in [0.15, 0.2) is 18.3 Å². The predicted molar refractivity (Wildman–Crippen MR) is 96.4 cm³/mol. The lowest BCUT2D eigenvalue weighted by Crippen LogP contribution is -2.35. The molecule has 1 aliphatic carbocycles. The molecule has 0 spiro atoms. The van der Waals surface area contributed by atoms with Gasteiger partial charge in [0.05, 0.1) is 11.9 Å². The van der Waals surface area contributed by atoms with Crippen molar-refractivity contribution in [3.8, 4) is 5.75 Å². The van der Waals surface area contributed by atoms with Crippen molar-refractivity contribution in [2.75, 3.05) is 11.1 Å². The molecule has 1 unspecified atom stereocenters. The largest absolute Gasteiger partial charge is 0.490 e. The van der Waals surface area contributed by atoms with Crippen molar-refractivity contribution in [3.05, 3.63) is 18.3 Å². The number of nitrogens with zero attached hydrogens (tertiary/aromatic N) is 1. The summed E-state index contributed by atoms with van der Waals surface area (Å²) in [7, 11) is -3.38. The molecule has 1 amide bonds. The monoisotopic (exact) mass is 366 g/mol. The molecular weight excluding hydrogens is 340 g/mol. The standard InChI is InChI=1S/C18H26N2O4S/c21-18(16-9-5-2-6-12-25(16,22)23)20-17-13-15(10-11-19-17)24-14-7-3-1-4-8-14/h10-11,13-14,16H,1-9,12H2,(H,19,20,21). The molecule has 1 saturated carbocycles. The van der Waals surface area contributed by atoms with Gasteiger partial charge in [-0.3, -0.25) is 4.79 Å². The highest BCUT2D eigenvalue weighted by molar-refractivity contribution is 7.92. The Morgan fingerprint density at radius 1 is 1.08 bits per heavy atom. The number of nitrogens with one attached hydrogen (secondary N) is 1. The zero-order chi connectivity index (χ0) is 17.7. The van der Waals surface area contributed by atoms with E-state index in [1.165, 1.54) is 19.3 Å². The molecule has 0 bridgehead atoms. The Balaban J connectivity index is 1.65. The molecular formula is C18H26N2O4S. The van der Waals surface area contributed by atoms with Gasteiger partial charge < -0.3 is 10.1 Å². The highest BCUT2D eigenvalue weighted by Gasteiger charge is 2.33. The first-order valence-corrected chi connectivity index (χ1v) is 10.9. The van der Waals surface area contributed by atoms with Crippen molar-refractivity contribution in [2.45, 2.75) is 69.1 Å². The van der Waals surface area contributed by atoms with E-state index in [2.05, 4.69) is 10.3 Å². The Bertz CT molecular complexity index is 699. The molecule has 3 rings (SSSR count). The maximum atomic E-state index is 12.5. The number of amides is 1. The van der Waals surface area contributed by atoms with E-state index in [4.69, 9.17) is 4.74 Å². The normalized spacial score (nSPS) is 24.2. The van der Waals surface area contributed by atoms with Crippen LogP contribution < -0.4 is 10.1 Å². The second-order valence-electron chi connectivity index (χ2n) is 6.95. The Labute approximate surface area is 149 Å². The molecule has 1 aliphatic heterocycles. The van der Waals surface area contributed by atoms with Gasteiger partial charge in [0.15, 0.2) is 9.84 Å². The minimum atomic E-state index is -3.38. The van der Waals surface area contributed by atoms with E-state index in [0.29, 0.717) is 24.4 Å². The van der Waals surface area contributed by atoms with E-state index in [1.807, 2.05) is 0 Å². The third-order valence-corrected chi connectivity index (χ3v) is 7.13. The van der Waals surface area contributed by atoms with Gasteiger partial charge in [0, 0.05) is 12.3 Å². The third-order valence-electron chi connectivity index (χ3n) is 4.96. The van der Waals surface area contributed by atoms with Gasteiger partial charge in [-0.25, -0.2) is 13.4 Å². The molecule has 138 valence electrons. The summed E-state index contributed by atoms with van der Waals surface area (Å²) >= 11 is 0. The fourth-order valence-corrected chi connectivity index (χ4v) is 5.36. The molecule has 6 nitrogen and oxygen atoms in total. The summed E-state index contributed by atoms with van der Waals surface area (Å²) in [6.07, 6.45) is 10.1. The third kappa shape index (κ3) is 4.93. The fourth-order valence-electron chi connectivity index (χ4n) is 3.56. The van der Waals surface area contributed by atoms with E-state index in [1.54, 1.807) is 18.3 Å². The number of ether oxygens (including phenoxy) is 1. The van der Waals surface area contributed by atoms with Crippen LogP contribution in [0, 0.1) is 0 Å². The molecule has 1 saturated heterocycles. The number of rotatable bonds is 4. The molecule has 0 aromatic carbocycles. The van der Waals surface area contributed by atoms with Crippen molar-refractivity contribution in [3.63, 3.8) is 0 Å². The first kappa shape index (κ1) is 18.2. The number of carbonyl (C=O) groups is 1. The average molecular weight is 366 g/mol. The summed E-state index contributed by atoms with van der Waals surface area (Å²) in [5.74, 6) is 0.617. The van der Waals surface area contributed by atoms with E-state index < -0.39 is 21.0 Å². The second-order valence-corrected chi connectivity index (χ2v) is 9.25. The SMILES string of the molecule is O=C(Nc1cc(OC2CCCCC2)ccn1)C1CCCCCS1(=O)=O. The van der Waals surface area contributed by atoms with Crippen molar-refractivity contribution in [2.24, 2.45) is 0 Å². The first-order chi connectivity index (χ1) is 12.0. The van der Waals surface area contributed by atoms with Crippen molar-refractivity contribution in [1.82, 2.24) is 4.98 Å². The summed E-state index contributed by atoms with van der Waals surface area (Å²) in [4.78, 5) is 16.6. The number of pyridine rings is 1. The minimum absolute atomic E-state index is 0.0867. The molecule has 1 N–H and O–H groups in total. The van der Waals surface area contributed by atoms with Gasteiger partial charge in [0.2, 0.25) is 5.91 Å². The Kier molecular flexibility index (Phi) is 5.93. The van der Waals surface area contributed by atoms with Gasteiger partial charge in [-0.15, -0.1) is 0 Å². The Morgan fingerprint density at radius 2 is 1.80 bits per heavy atom. The molecule has 2 fully saturated rings. The van der Waals surface area contributed by atoms with Gasteiger partial charge in [-0.05, 0) is 44.6 Å². The molecule has 1 atom stereocenters. The van der Waals surface area contributed by atoms with Crippen molar-refractivity contribution >= 4 is 21.6 Å². The van der Waals surface area contributed by atoms with Gasteiger partial charge in [-0.2, -0.15) is 0 Å². The van der Waals surface area contributed by atoms with Gasteiger partial charge in [-0.1, -0.05) is 19.3 Å². The Hall–Kier alpha value is -1.63. The summed E-state index contributed by atoms with van der Waals surface area (Å²) in [6, 6.07) is 3.45. The molecule has 25 heavy (non-hydrogen) atoms. The van der Waals surface area contributed by atoms with Gasteiger partial charge >= 0.3 is 0 Å². The second kappa shape index (κ2) is 8.17. The van der Waals surface area contributed by atoms with Crippen LogP contribution in [0.5, 0.6) is 5.75 Å². The van der Waals surface area contributed by atoms with Crippen LogP contribution in [-0.4, -0.2) is 36.4 Å². The van der Waals surface area contributed by atoms with Crippen LogP contribution >= 0.6 is 0 Å². The highest BCUT2D eigenvalue weighted by atomic mass is 32.2. The summed E-state index contributed by atoms with van der Waals surface area (Å²) < 4.78 is 30.5. The molecule has 1 aromatic rings. The smallest absolute Gasteiger partial charge is 0.243 e. The van der Waals surface area contributed by atoms with Crippen molar-refractivity contribution in [1.29, 1.82) is 0 Å². The van der Waals surface area contributed by atoms with E-state index >= 15 is 0 Å². The number of hydrogen-bond acceptors (Lipinski definition) is 5. The van der Waals surface area contributed by atoms with Crippen LogP contribution in [0.25, 0.3) is 0 Å². The zero-order valence-electron chi connectivity index (χ0n) is 14.4. The molecule has 0 radical (unpaired) electrons. The van der Waals surface area contributed by atoms with Gasteiger partial charge in [0.25, 0.3) is 0 Å². The quantitative estimate of drug-likeness (QED) is 0.885. The lowest BCUT2D eigenvalue weighted by atomic mass is 9.98. The molecule has 2 heterocycles. The molecule has 1 aromatic heterocycles. The topological polar surface area (TPSA) is 85.4 Å². The Morgan fingerprint density at radius 3 is 2.60 bits per heavy atom. The van der Waals surface area contributed by atoms with E-state index in [0.717, 1.165) is 25.7 Å². The van der Waals surface area contributed by atoms with E-state index in [-0.39, 0.29) is 11.9 Å². The van der Waals surface area contributed by atoms with Crippen LogP contribution in [0.1, 0.15) is 57.8 Å². The maximum absolute atomic E-state index is 12.5. The zero-order valence-corrected chi connectivity index (χ0v) is 15.3.